The zero-order valence-electron chi connectivity index (χ0n) is 9.46. The average molecular weight is 228 g/mol. The number of ether oxygens (including phenoxy) is 1. The molecule has 0 unspecified atom stereocenters. The molecule has 0 aliphatic rings. The number of benzene rings is 1. The molecule has 86 valence electrons. The Bertz CT molecular complexity index is 512. The Morgan fingerprint density at radius 1 is 1.35 bits per heavy atom. The molecule has 1 aromatic carbocycles. The fraction of sp³-hybridized carbons (Fsp3) is 0.154. The molecular formula is C13H12N2O2. The summed E-state index contributed by atoms with van der Waals surface area (Å²) in [6, 6.07) is 7.16. The van der Waals surface area contributed by atoms with Crippen LogP contribution in [0.3, 0.4) is 0 Å². The fourth-order valence-electron chi connectivity index (χ4n) is 1.47. The highest BCUT2D eigenvalue weighted by Gasteiger charge is 2.07. The van der Waals surface area contributed by atoms with E-state index in [2.05, 4.69) is 9.97 Å². The summed E-state index contributed by atoms with van der Waals surface area (Å²) in [4.78, 5) is 19.7. The highest BCUT2D eigenvalue weighted by Crippen LogP contribution is 2.17. The highest BCUT2D eigenvalue weighted by molar-refractivity contribution is 5.90. The molecule has 1 heterocycles. The predicted molar refractivity (Wildman–Crippen MR) is 63.4 cm³/mol. The number of hydrogen-bond acceptors (Lipinski definition) is 4. The van der Waals surface area contributed by atoms with Gasteiger partial charge in [0.25, 0.3) is 0 Å². The van der Waals surface area contributed by atoms with E-state index in [0.29, 0.717) is 12.2 Å². The van der Waals surface area contributed by atoms with Gasteiger partial charge in [-0.15, -0.1) is 0 Å². The van der Waals surface area contributed by atoms with Crippen LogP contribution < -0.4 is 0 Å². The average Bonchev–Trinajstić information content (AvgIpc) is 2.40. The number of rotatable bonds is 3. The summed E-state index contributed by atoms with van der Waals surface area (Å²) in [5, 5.41) is 0. The number of hydrogen-bond donors (Lipinski definition) is 0. The number of carbonyl (C=O) groups excluding carboxylic acids is 1. The summed E-state index contributed by atoms with van der Waals surface area (Å²) >= 11 is 0. The van der Waals surface area contributed by atoms with E-state index in [0.717, 1.165) is 11.3 Å². The van der Waals surface area contributed by atoms with Crippen LogP contribution in [-0.4, -0.2) is 22.5 Å². The first-order valence-electron chi connectivity index (χ1n) is 5.35. The van der Waals surface area contributed by atoms with Gasteiger partial charge in [0, 0.05) is 18.0 Å². The Kier molecular flexibility index (Phi) is 3.45. The Labute approximate surface area is 99.3 Å². The van der Waals surface area contributed by atoms with Crippen LogP contribution in [0.4, 0.5) is 0 Å². The highest BCUT2D eigenvalue weighted by atomic mass is 16.5. The maximum absolute atomic E-state index is 11.6. The van der Waals surface area contributed by atoms with Gasteiger partial charge in [0.2, 0.25) is 0 Å². The Morgan fingerprint density at radius 3 is 2.94 bits per heavy atom. The molecule has 17 heavy (non-hydrogen) atoms. The van der Waals surface area contributed by atoms with Crippen molar-refractivity contribution in [2.24, 2.45) is 0 Å². The summed E-state index contributed by atoms with van der Waals surface area (Å²) in [6.45, 7) is 2.15. The van der Waals surface area contributed by atoms with Crippen molar-refractivity contribution in [2.75, 3.05) is 6.61 Å². The first-order chi connectivity index (χ1) is 8.31. The molecule has 2 aromatic rings. The summed E-state index contributed by atoms with van der Waals surface area (Å²) in [6.07, 6.45) is 4.88. The molecule has 4 heteroatoms. The van der Waals surface area contributed by atoms with E-state index < -0.39 is 0 Å². The van der Waals surface area contributed by atoms with Crippen molar-refractivity contribution in [3.63, 3.8) is 0 Å². The van der Waals surface area contributed by atoms with Crippen LogP contribution in [-0.2, 0) is 4.74 Å². The lowest BCUT2D eigenvalue weighted by atomic mass is 10.1. The maximum atomic E-state index is 11.6. The van der Waals surface area contributed by atoms with Crippen LogP contribution in [0.15, 0.2) is 42.9 Å². The maximum Gasteiger partial charge on any atom is 0.338 e. The van der Waals surface area contributed by atoms with E-state index in [4.69, 9.17) is 4.74 Å². The molecule has 0 amide bonds. The van der Waals surface area contributed by atoms with E-state index in [1.807, 2.05) is 6.07 Å². The lowest BCUT2D eigenvalue weighted by Gasteiger charge is -2.04. The minimum Gasteiger partial charge on any atom is -0.462 e. The molecule has 0 bridgehead atoms. The van der Waals surface area contributed by atoms with Crippen LogP contribution in [0, 0.1) is 0 Å². The SMILES string of the molecule is CCOC(=O)c1cccc(-c2cnccn2)c1. The third-order valence-corrected chi connectivity index (χ3v) is 2.23. The van der Waals surface area contributed by atoms with E-state index in [1.165, 1.54) is 0 Å². The Hall–Kier alpha value is -2.23. The molecule has 0 aliphatic heterocycles. The van der Waals surface area contributed by atoms with Crippen LogP contribution in [0.5, 0.6) is 0 Å². The number of carbonyl (C=O) groups is 1. The van der Waals surface area contributed by atoms with Crippen LogP contribution in [0.2, 0.25) is 0 Å². The molecule has 0 atom stereocenters. The summed E-state index contributed by atoms with van der Waals surface area (Å²) in [5.74, 6) is -0.321. The molecular weight excluding hydrogens is 216 g/mol. The summed E-state index contributed by atoms with van der Waals surface area (Å²) < 4.78 is 4.94. The third kappa shape index (κ3) is 2.66. The standard InChI is InChI=1S/C13H12N2O2/c1-2-17-13(16)11-5-3-4-10(8-11)12-9-14-6-7-15-12/h3-9H,2H2,1H3. The largest absolute Gasteiger partial charge is 0.462 e. The van der Waals surface area contributed by atoms with Gasteiger partial charge in [-0.05, 0) is 19.1 Å². The van der Waals surface area contributed by atoms with Gasteiger partial charge in [-0.3, -0.25) is 9.97 Å². The second-order valence-electron chi connectivity index (χ2n) is 3.39. The molecule has 0 saturated heterocycles. The molecule has 0 saturated carbocycles. The van der Waals surface area contributed by atoms with E-state index in [1.54, 1.807) is 43.7 Å². The number of nitrogens with zero attached hydrogens (tertiary/aromatic N) is 2. The minimum atomic E-state index is -0.321. The second-order valence-corrected chi connectivity index (χ2v) is 3.39. The minimum absolute atomic E-state index is 0.321. The third-order valence-electron chi connectivity index (χ3n) is 2.23. The van der Waals surface area contributed by atoms with Gasteiger partial charge in [0.15, 0.2) is 0 Å². The van der Waals surface area contributed by atoms with E-state index in [9.17, 15) is 4.79 Å². The monoisotopic (exact) mass is 228 g/mol. The van der Waals surface area contributed by atoms with Crippen molar-refractivity contribution in [3.05, 3.63) is 48.4 Å². The molecule has 0 N–H and O–H groups in total. The van der Waals surface area contributed by atoms with Crippen molar-refractivity contribution in [1.82, 2.24) is 9.97 Å². The predicted octanol–water partition coefficient (Wildman–Crippen LogP) is 2.32. The van der Waals surface area contributed by atoms with Crippen molar-refractivity contribution >= 4 is 5.97 Å². The second kappa shape index (κ2) is 5.21. The van der Waals surface area contributed by atoms with Gasteiger partial charge in [0.1, 0.15) is 0 Å². The van der Waals surface area contributed by atoms with Crippen LogP contribution in [0.1, 0.15) is 17.3 Å². The lowest BCUT2D eigenvalue weighted by molar-refractivity contribution is 0.0526. The van der Waals surface area contributed by atoms with Crippen molar-refractivity contribution in [1.29, 1.82) is 0 Å². The molecule has 4 nitrogen and oxygen atoms in total. The number of esters is 1. The fourth-order valence-corrected chi connectivity index (χ4v) is 1.47. The zero-order valence-corrected chi connectivity index (χ0v) is 9.46. The number of aromatic nitrogens is 2. The summed E-state index contributed by atoms with van der Waals surface area (Å²) in [7, 11) is 0. The molecule has 0 aliphatic carbocycles. The van der Waals surface area contributed by atoms with Gasteiger partial charge in [-0.2, -0.15) is 0 Å². The van der Waals surface area contributed by atoms with Gasteiger partial charge in [-0.25, -0.2) is 4.79 Å². The lowest BCUT2D eigenvalue weighted by Crippen LogP contribution is -2.04. The van der Waals surface area contributed by atoms with E-state index in [-0.39, 0.29) is 5.97 Å². The van der Waals surface area contributed by atoms with E-state index >= 15 is 0 Å². The van der Waals surface area contributed by atoms with Crippen molar-refractivity contribution in [3.8, 4) is 11.3 Å². The first kappa shape index (κ1) is 11.3. The summed E-state index contributed by atoms with van der Waals surface area (Å²) in [5.41, 5.74) is 2.11. The first-order valence-corrected chi connectivity index (χ1v) is 5.35. The van der Waals surface area contributed by atoms with Gasteiger partial charge < -0.3 is 4.74 Å². The van der Waals surface area contributed by atoms with Gasteiger partial charge in [0.05, 0.1) is 24.1 Å². The molecule has 1 aromatic heterocycles. The van der Waals surface area contributed by atoms with Crippen molar-refractivity contribution in [2.45, 2.75) is 6.92 Å². The zero-order chi connectivity index (χ0) is 12.1. The quantitative estimate of drug-likeness (QED) is 0.756. The van der Waals surface area contributed by atoms with Crippen molar-refractivity contribution < 1.29 is 9.53 Å². The molecule has 0 radical (unpaired) electrons. The normalized spacial score (nSPS) is 9.94. The molecule has 0 spiro atoms. The topological polar surface area (TPSA) is 52.1 Å². The smallest absolute Gasteiger partial charge is 0.338 e. The van der Waals surface area contributed by atoms with Gasteiger partial charge >= 0.3 is 5.97 Å². The van der Waals surface area contributed by atoms with Crippen LogP contribution in [0.25, 0.3) is 11.3 Å². The molecule has 2 rings (SSSR count). The van der Waals surface area contributed by atoms with Crippen LogP contribution >= 0.6 is 0 Å². The van der Waals surface area contributed by atoms with Gasteiger partial charge in [-0.1, -0.05) is 12.1 Å². The molecule has 0 fully saturated rings. The Morgan fingerprint density at radius 2 is 2.24 bits per heavy atom. The Balaban J connectivity index is 2.32.